The summed E-state index contributed by atoms with van der Waals surface area (Å²) in [5.41, 5.74) is 13.9. The van der Waals surface area contributed by atoms with Crippen molar-refractivity contribution in [3.8, 4) is 56.7 Å². The minimum absolute atomic E-state index is 0.650. The third-order valence-corrected chi connectivity index (χ3v) is 11.1. The van der Waals surface area contributed by atoms with E-state index in [0.717, 1.165) is 35.2 Å². The number of rotatable bonds is 6. The maximum atomic E-state index is 4.96. The van der Waals surface area contributed by atoms with Crippen molar-refractivity contribution in [1.29, 1.82) is 0 Å². The van der Waals surface area contributed by atoms with E-state index in [0.29, 0.717) is 17.5 Å². The summed E-state index contributed by atoms with van der Waals surface area (Å²) in [6.07, 6.45) is 6.63. The molecule has 0 spiro atoms. The summed E-state index contributed by atoms with van der Waals surface area (Å²) in [5, 5.41) is 3.82. The predicted molar refractivity (Wildman–Crippen MR) is 230 cm³/mol. The number of benzene rings is 7. The Balaban J connectivity index is 1.00. The molecular weight excluding hydrogens is 683 g/mol. The van der Waals surface area contributed by atoms with Crippen LogP contribution in [0.25, 0.3) is 95.5 Å². The second-order valence-corrected chi connectivity index (χ2v) is 14.4. The zero-order valence-electron chi connectivity index (χ0n) is 30.5. The fourth-order valence-corrected chi connectivity index (χ4v) is 8.40. The molecule has 3 heterocycles. The summed E-state index contributed by atoms with van der Waals surface area (Å²) in [6.45, 7) is 0. The first-order valence-corrected chi connectivity index (χ1v) is 19.2. The topological polar surface area (TPSA) is 48.5 Å². The highest BCUT2D eigenvalue weighted by Gasteiger charge is 2.21. The van der Waals surface area contributed by atoms with E-state index in [1.807, 2.05) is 60.7 Å². The van der Waals surface area contributed by atoms with Crippen LogP contribution < -0.4 is 0 Å². The van der Waals surface area contributed by atoms with Gasteiger partial charge in [-0.2, -0.15) is 0 Å². The summed E-state index contributed by atoms with van der Waals surface area (Å²) in [4.78, 5) is 14.8. The summed E-state index contributed by atoms with van der Waals surface area (Å²) >= 11 is 0. The van der Waals surface area contributed by atoms with Crippen LogP contribution in [0.4, 0.5) is 0 Å². The fraction of sp³-hybridized carbons (Fsp3) is 0.0392. The molecule has 7 aromatic carbocycles. The number of hydrogen-bond acceptors (Lipinski definition) is 3. The van der Waals surface area contributed by atoms with Gasteiger partial charge in [0.1, 0.15) is 0 Å². The van der Waals surface area contributed by atoms with E-state index in [2.05, 4.69) is 137 Å². The number of hydrogen-bond donors (Lipinski definition) is 0. The van der Waals surface area contributed by atoms with Gasteiger partial charge in [-0.3, -0.25) is 0 Å². The Morgan fingerprint density at radius 1 is 0.375 bits per heavy atom. The molecule has 0 saturated carbocycles. The van der Waals surface area contributed by atoms with E-state index in [1.165, 1.54) is 60.8 Å². The summed E-state index contributed by atoms with van der Waals surface area (Å²) in [5.74, 6) is 1.97. The first-order valence-electron chi connectivity index (χ1n) is 19.2. The Hall–Kier alpha value is -7.37. The lowest BCUT2D eigenvalue weighted by Gasteiger charge is -2.13. The minimum atomic E-state index is 0.650. The quantitative estimate of drug-likeness (QED) is 0.172. The van der Waals surface area contributed by atoms with Gasteiger partial charge in [0.25, 0.3) is 0 Å². The maximum Gasteiger partial charge on any atom is 0.164 e. The van der Waals surface area contributed by atoms with Crippen LogP contribution in [0.15, 0.2) is 182 Å². The van der Waals surface area contributed by atoms with Crippen molar-refractivity contribution < 1.29 is 0 Å². The lowest BCUT2D eigenvalue weighted by molar-refractivity contribution is 0.967. The molecule has 264 valence electrons. The molecule has 56 heavy (non-hydrogen) atoms. The second-order valence-electron chi connectivity index (χ2n) is 14.4. The van der Waals surface area contributed by atoms with Gasteiger partial charge in [0.15, 0.2) is 17.5 Å². The average Bonchev–Trinajstić information content (AvgIpc) is 3.79. The third kappa shape index (κ3) is 5.36. The van der Waals surface area contributed by atoms with E-state index < -0.39 is 0 Å². The zero-order valence-corrected chi connectivity index (χ0v) is 30.5. The number of aromatic nitrogens is 5. The van der Waals surface area contributed by atoms with Crippen molar-refractivity contribution >= 4 is 38.8 Å². The van der Waals surface area contributed by atoms with Gasteiger partial charge < -0.3 is 9.13 Å². The minimum Gasteiger partial charge on any atom is -0.310 e. The van der Waals surface area contributed by atoms with Crippen LogP contribution in [0, 0.1) is 0 Å². The Labute approximate surface area is 324 Å². The highest BCUT2D eigenvalue weighted by molar-refractivity contribution is 6.10. The number of aryl methyl sites for hydroxylation is 1. The van der Waals surface area contributed by atoms with Crippen LogP contribution in [0.2, 0.25) is 0 Å². The highest BCUT2D eigenvalue weighted by atomic mass is 15.0. The molecule has 0 radical (unpaired) electrons. The molecular formula is C51H35N5. The monoisotopic (exact) mass is 717 g/mol. The molecule has 0 atom stereocenters. The van der Waals surface area contributed by atoms with Crippen molar-refractivity contribution in [3.05, 3.63) is 193 Å². The van der Waals surface area contributed by atoms with Crippen LogP contribution in [-0.2, 0) is 6.42 Å². The van der Waals surface area contributed by atoms with Crippen molar-refractivity contribution in [3.63, 3.8) is 0 Å². The van der Waals surface area contributed by atoms with Gasteiger partial charge in [0, 0.05) is 49.9 Å². The SMILES string of the molecule is C1=Cc2c(c3cc(-c4ccc5c(c4)c4ccccc4n5-c4ccccc4)ccc3n2-c2ccc(-c3nc(-c4ccccc4)nc(-c4ccccc4)n3)cc2)CC1. The molecule has 0 unspecified atom stereocenters. The van der Waals surface area contributed by atoms with Gasteiger partial charge in [-0.1, -0.05) is 115 Å². The van der Waals surface area contributed by atoms with E-state index in [4.69, 9.17) is 15.0 Å². The van der Waals surface area contributed by atoms with Crippen molar-refractivity contribution in [2.24, 2.45) is 0 Å². The lowest BCUT2D eigenvalue weighted by atomic mass is 9.97. The van der Waals surface area contributed by atoms with Crippen molar-refractivity contribution in [1.82, 2.24) is 24.1 Å². The molecule has 0 aliphatic heterocycles. The van der Waals surface area contributed by atoms with Gasteiger partial charge in [-0.05, 0) is 102 Å². The van der Waals surface area contributed by atoms with Gasteiger partial charge in [-0.25, -0.2) is 15.0 Å². The summed E-state index contributed by atoms with van der Waals surface area (Å²) in [6, 6.07) is 62.2. The van der Waals surface area contributed by atoms with Crippen molar-refractivity contribution in [2.75, 3.05) is 0 Å². The molecule has 3 aromatic heterocycles. The van der Waals surface area contributed by atoms with Gasteiger partial charge in [0.2, 0.25) is 0 Å². The van der Waals surface area contributed by atoms with E-state index in [1.54, 1.807) is 0 Å². The Kier molecular flexibility index (Phi) is 7.56. The molecule has 11 rings (SSSR count). The molecule has 0 saturated heterocycles. The number of nitrogens with zero attached hydrogens (tertiary/aromatic N) is 5. The molecule has 0 fully saturated rings. The van der Waals surface area contributed by atoms with Crippen LogP contribution in [0.5, 0.6) is 0 Å². The summed E-state index contributed by atoms with van der Waals surface area (Å²) in [7, 11) is 0. The molecule has 0 bridgehead atoms. The number of fused-ring (bicyclic) bond motifs is 6. The van der Waals surface area contributed by atoms with Crippen LogP contribution in [0.3, 0.4) is 0 Å². The van der Waals surface area contributed by atoms with Gasteiger partial charge in [-0.15, -0.1) is 0 Å². The third-order valence-electron chi connectivity index (χ3n) is 11.1. The Morgan fingerprint density at radius 3 is 1.50 bits per heavy atom. The van der Waals surface area contributed by atoms with E-state index >= 15 is 0 Å². The molecule has 0 amide bonds. The smallest absolute Gasteiger partial charge is 0.164 e. The van der Waals surface area contributed by atoms with Gasteiger partial charge >= 0.3 is 0 Å². The molecule has 1 aliphatic carbocycles. The molecule has 0 N–H and O–H groups in total. The molecule has 10 aromatic rings. The molecule has 5 heteroatoms. The van der Waals surface area contributed by atoms with Crippen LogP contribution in [-0.4, -0.2) is 24.1 Å². The summed E-state index contributed by atoms with van der Waals surface area (Å²) < 4.78 is 4.78. The Morgan fingerprint density at radius 2 is 0.857 bits per heavy atom. The fourth-order valence-electron chi connectivity index (χ4n) is 8.40. The first-order chi connectivity index (χ1) is 27.8. The largest absolute Gasteiger partial charge is 0.310 e. The lowest BCUT2D eigenvalue weighted by Crippen LogP contribution is -2.01. The van der Waals surface area contributed by atoms with Crippen molar-refractivity contribution in [2.45, 2.75) is 12.8 Å². The van der Waals surface area contributed by atoms with Crippen LogP contribution in [0.1, 0.15) is 17.7 Å². The first kappa shape index (κ1) is 32.1. The van der Waals surface area contributed by atoms with E-state index in [-0.39, 0.29) is 0 Å². The predicted octanol–water partition coefficient (Wildman–Crippen LogP) is 12.5. The average molecular weight is 718 g/mol. The highest BCUT2D eigenvalue weighted by Crippen LogP contribution is 2.39. The standard InChI is InChI=1S/C51H35N5/c1-4-14-34(15-5-1)49-52-50(35-16-6-2-7-17-35)54-51(53-49)36-24-28-40(29-25-36)56-46-23-13-11-21-42(46)44-33-38(27-31-48(44)56)37-26-30-47-43(32-37)41-20-10-12-22-45(41)55(47)39-18-8-3-9-19-39/h1-10,12-20,22-33H,11,21H2. The normalized spacial score (nSPS) is 12.4. The zero-order chi connectivity index (χ0) is 37.0. The number of allylic oxidation sites excluding steroid dienone is 1. The Bertz CT molecular complexity index is 3050. The maximum absolute atomic E-state index is 4.96. The molecule has 1 aliphatic rings. The number of para-hydroxylation sites is 2. The second kappa shape index (κ2) is 13.2. The van der Waals surface area contributed by atoms with E-state index in [9.17, 15) is 0 Å². The molecule has 5 nitrogen and oxygen atoms in total. The van der Waals surface area contributed by atoms with Crippen LogP contribution >= 0.6 is 0 Å². The van der Waals surface area contributed by atoms with Gasteiger partial charge in [0.05, 0.1) is 16.6 Å².